The second-order valence-electron chi connectivity index (χ2n) is 6.91. The first-order valence-electron chi connectivity index (χ1n) is 8.81. The van der Waals surface area contributed by atoms with Gasteiger partial charge >= 0.3 is 0 Å². The first-order chi connectivity index (χ1) is 12.2. The number of nitrogens with two attached hydrogens (primary N) is 1. The first-order valence-corrected chi connectivity index (χ1v) is 10.7. The van der Waals surface area contributed by atoms with Gasteiger partial charge in [0.25, 0.3) is 5.91 Å². The summed E-state index contributed by atoms with van der Waals surface area (Å²) in [6, 6.07) is 1.38. The molecule has 0 saturated carbocycles. The minimum absolute atomic E-state index is 0.0351. The summed E-state index contributed by atoms with van der Waals surface area (Å²) in [5, 5.41) is 11.7. The third-order valence-corrected chi connectivity index (χ3v) is 6.46. The highest BCUT2D eigenvalue weighted by atomic mass is 35.5. The molecular weight excluding hydrogens is 378 g/mol. The van der Waals surface area contributed by atoms with Crippen molar-refractivity contribution in [2.75, 3.05) is 6.54 Å². The summed E-state index contributed by atoms with van der Waals surface area (Å²) in [7, 11) is -4.06. The van der Waals surface area contributed by atoms with Crippen molar-refractivity contribution in [1.29, 1.82) is 0 Å². The van der Waals surface area contributed by atoms with Gasteiger partial charge in [0.15, 0.2) is 0 Å². The van der Waals surface area contributed by atoms with E-state index < -0.39 is 10.0 Å². The standard InChI is InChI=1S/C17H24ClN3O4S/c1-3-12(13-5-4-6-20-13)21-17(22)11-8-14(26(19,23)24)15(18)10-7-9(2)25-16(10)11/h8-9,12-13,20H,3-7H2,1-2H3,(H,21,22)(H2,19,23,24). The summed E-state index contributed by atoms with van der Waals surface area (Å²) in [4.78, 5) is 12.7. The van der Waals surface area contributed by atoms with E-state index in [-0.39, 0.29) is 39.6 Å². The maximum absolute atomic E-state index is 12.9. The van der Waals surface area contributed by atoms with Gasteiger partial charge in [-0.3, -0.25) is 4.79 Å². The Bertz CT molecular complexity index is 822. The molecule has 2 aliphatic rings. The van der Waals surface area contributed by atoms with Gasteiger partial charge in [-0.25, -0.2) is 13.6 Å². The molecule has 26 heavy (non-hydrogen) atoms. The molecule has 2 aliphatic heterocycles. The Morgan fingerprint density at radius 3 is 2.85 bits per heavy atom. The first kappa shape index (κ1) is 19.4. The second-order valence-corrected chi connectivity index (χ2v) is 8.82. The molecule has 3 rings (SSSR count). The van der Waals surface area contributed by atoms with E-state index in [1.807, 2.05) is 13.8 Å². The van der Waals surface area contributed by atoms with Gasteiger partial charge in [0.2, 0.25) is 10.0 Å². The van der Waals surface area contributed by atoms with Crippen molar-refractivity contribution in [1.82, 2.24) is 10.6 Å². The highest BCUT2D eigenvalue weighted by molar-refractivity contribution is 7.89. The van der Waals surface area contributed by atoms with Crippen molar-refractivity contribution in [3.63, 3.8) is 0 Å². The van der Waals surface area contributed by atoms with Crippen LogP contribution in [0.25, 0.3) is 0 Å². The third-order valence-electron chi connectivity index (χ3n) is 4.98. The molecule has 0 aromatic heterocycles. The van der Waals surface area contributed by atoms with Crippen LogP contribution >= 0.6 is 11.6 Å². The molecule has 144 valence electrons. The highest BCUT2D eigenvalue weighted by Crippen LogP contribution is 2.41. The smallest absolute Gasteiger partial charge is 0.255 e. The van der Waals surface area contributed by atoms with Gasteiger partial charge in [0.05, 0.1) is 10.6 Å². The van der Waals surface area contributed by atoms with Crippen molar-refractivity contribution in [2.24, 2.45) is 5.14 Å². The lowest BCUT2D eigenvalue weighted by atomic mass is 10.0. The molecule has 1 amide bonds. The lowest BCUT2D eigenvalue weighted by Crippen LogP contribution is -2.47. The largest absolute Gasteiger partial charge is 0.489 e. The number of hydrogen-bond acceptors (Lipinski definition) is 5. The molecule has 1 fully saturated rings. The molecule has 0 aliphatic carbocycles. The predicted octanol–water partition coefficient (Wildman–Crippen LogP) is 1.57. The number of hydrogen-bond donors (Lipinski definition) is 3. The summed E-state index contributed by atoms with van der Waals surface area (Å²) in [5.74, 6) is -0.0286. The molecule has 0 spiro atoms. The van der Waals surface area contributed by atoms with Crippen molar-refractivity contribution in [3.05, 3.63) is 22.2 Å². The predicted molar refractivity (Wildman–Crippen MR) is 99.2 cm³/mol. The van der Waals surface area contributed by atoms with Crippen LogP contribution in [0.2, 0.25) is 5.02 Å². The van der Waals surface area contributed by atoms with Gasteiger partial charge in [-0.15, -0.1) is 0 Å². The van der Waals surface area contributed by atoms with Gasteiger partial charge in [-0.05, 0) is 38.8 Å². The normalized spacial score (nSPS) is 23.4. The lowest BCUT2D eigenvalue weighted by Gasteiger charge is -2.24. The summed E-state index contributed by atoms with van der Waals surface area (Å²) in [6.45, 7) is 4.78. The number of primary sulfonamides is 1. The summed E-state index contributed by atoms with van der Waals surface area (Å²) in [5.41, 5.74) is 0.678. The minimum atomic E-state index is -4.06. The van der Waals surface area contributed by atoms with E-state index in [1.54, 1.807) is 0 Å². The fourth-order valence-corrected chi connectivity index (χ4v) is 4.88. The average molecular weight is 402 g/mol. The number of fused-ring (bicyclic) bond motifs is 1. The highest BCUT2D eigenvalue weighted by Gasteiger charge is 2.33. The van der Waals surface area contributed by atoms with E-state index in [4.69, 9.17) is 21.5 Å². The number of benzene rings is 1. The summed E-state index contributed by atoms with van der Waals surface area (Å²) in [6.07, 6.45) is 3.07. The molecule has 4 N–H and O–H groups in total. The second kappa shape index (κ2) is 7.34. The lowest BCUT2D eigenvalue weighted by molar-refractivity contribution is 0.0922. The molecule has 2 heterocycles. The Morgan fingerprint density at radius 2 is 2.27 bits per heavy atom. The monoisotopic (exact) mass is 401 g/mol. The molecule has 3 atom stereocenters. The molecule has 1 saturated heterocycles. The van der Waals surface area contributed by atoms with Crippen LogP contribution in [0, 0.1) is 0 Å². The van der Waals surface area contributed by atoms with Gasteiger partial charge < -0.3 is 15.4 Å². The number of amides is 1. The molecule has 0 bridgehead atoms. The van der Waals surface area contributed by atoms with E-state index in [0.717, 1.165) is 25.8 Å². The van der Waals surface area contributed by atoms with Crippen LogP contribution in [0.4, 0.5) is 0 Å². The van der Waals surface area contributed by atoms with E-state index in [9.17, 15) is 13.2 Å². The molecule has 3 unspecified atom stereocenters. The van der Waals surface area contributed by atoms with Gasteiger partial charge in [-0.2, -0.15) is 0 Å². The van der Waals surface area contributed by atoms with Crippen LogP contribution in [0.3, 0.4) is 0 Å². The Morgan fingerprint density at radius 1 is 1.54 bits per heavy atom. The van der Waals surface area contributed by atoms with E-state index in [2.05, 4.69) is 10.6 Å². The molecule has 7 nitrogen and oxygen atoms in total. The number of halogens is 1. The van der Waals surface area contributed by atoms with E-state index in [1.165, 1.54) is 6.07 Å². The Balaban J connectivity index is 1.98. The fourth-order valence-electron chi connectivity index (χ4n) is 3.68. The van der Waals surface area contributed by atoms with Crippen molar-refractivity contribution in [3.8, 4) is 5.75 Å². The topological polar surface area (TPSA) is 111 Å². The van der Waals surface area contributed by atoms with Crippen LogP contribution in [-0.4, -0.2) is 39.1 Å². The molecule has 1 aromatic rings. The van der Waals surface area contributed by atoms with E-state index >= 15 is 0 Å². The van der Waals surface area contributed by atoms with Gasteiger partial charge in [0.1, 0.15) is 16.7 Å². The molecule has 9 heteroatoms. The fraction of sp³-hybridized carbons (Fsp3) is 0.588. The van der Waals surface area contributed by atoms with Gasteiger partial charge in [-0.1, -0.05) is 18.5 Å². The molecular formula is C17H24ClN3O4S. The minimum Gasteiger partial charge on any atom is -0.489 e. The van der Waals surface area contributed by atoms with Crippen molar-refractivity contribution < 1.29 is 17.9 Å². The van der Waals surface area contributed by atoms with Crippen LogP contribution in [0.5, 0.6) is 5.75 Å². The number of carbonyl (C=O) groups is 1. The van der Waals surface area contributed by atoms with Crippen molar-refractivity contribution in [2.45, 2.75) is 62.6 Å². The zero-order chi connectivity index (χ0) is 19.1. The zero-order valence-electron chi connectivity index (χ0n) is 14.8. The summed E-state index contributed by atoms with van der Waals surface area (Å²) >= 11 is 6.24. The molecule has 1 aromatic carbocycles. The SMILES string of the molecule is CCC(NC(=O)c1cc(S(N)(=O)=O)c(Cl)c2c1OC(C)C2)C1CCCN1. The average Bonchev–Trinajstić information content (AvgIpc) is 3.21. The number of nitrogens with one attached hydrogen (secondary N) is 2. The maximum Gasteiger partial charge on any atom is 0.255 e. The van der Waals surface area contributed by atoms with Crippen molar-refractivity contribution >= 4 is 27.5 Å². The van der Waals surface area contributed by atoms with E-state index in [0.29, 0.717) is 17.7 Å². The summed E-state index contributed by atoms with van der Waals surface area (Å²) < 4.78 is 29.6. The molecule has 0 radical (unpaired) electrons. The van der Waals surface area contributed by atoms with Crippen LogP contribution < -0.4 is 20.5 Å². The number of carbonyl (C=O) groups excluding carboxylic acids is 1. The quantitative estimate of drug-likeness (QED) is 0.693. The number of ether oxygens (including phenoxy) is 1. The van der Waals surface area contributed by atoms with Crippen LogP contribution in [-0.2, 0) is 16.4 Å². The van der Waals surface area contributed by atoms with Crippen LogP contribution in [0.15, 0.2) is 11.0 Å². The Hall–Kier alpha value is -1.35. The van der Waals surface area contributed by atoms with Crippen LogP contribution in [0.1, 0.15) is 49.0 Å². The maximum atomic E-state index is 12.9. The van der Waals surface area contributed by atoms with Gasteiger partial charge in [0, 0.05) is 24.1 Å². The third kappa shape index (κ3) is 3.69. The Kier molecular flexibility index (Phi) is 5.48. The zero-order valence-corrected chi connectivity index (χ0v) is 16.4. The Labute approximate surface area is 158 Å². The number of rotatable bonds is 5. The number of sulfonamides is 1.